The molecule has 11 heteroatoms. The van der Waals surface area contributed by atoms with Crippen molar-refractivity contribution in [3.8, 4) is 0 Å². The van der Waals surface area contributed by atoms with E-state index in [0.717, 1.165) is 17.8 Å². The molecule has 2 rings (SSSR count). The molecule has 30 heavy (non-hydrogen) atoms. The molecule has 2 aromatic heterocycles. The van der Waals surface area contributed by atoms with Crippen LogP contribution >= 0.6 is 23.4 Å². The molecular weight excluding hydrogens is 424 g/mol. The van der Waals surface area contributed by atoms with Crippen LogP contribution in [-0.4, -0.2) is 33.9 Å². The van der Waals surface area contributed by atoms with E-state index in [0.29, 0.717) is 28.8 Å². The summed E-state index contributed by atoms with van der Waals surface area (Å²) in [5.41, 5.74) is 1.37. The van der Waals surface area contributed by atoms with Gasteiger partial charge in [0.2, 0.25) is 11.9 Å². The summed E-state index contributed by atoms with van der Waals surface area (Å²) < 4.78 is 12.9. The van der Waals surface area contributed by atoms with E-state index in [2.05, 4.69) is 26.0 Å². The molecule has 2 aromatic rings. The van der Waals surface area contributed by atoms with Gasteiger partial charge in [-0.1, -0.05) is 0 Å². The van der Waals surface area contributed by atoms with Gasteiger partial charge in [-0.25, -0.2) is 16.7 Å². The van der Waals surface area contributed by atoms with E-state index in [1.165, 1.54) is 24.5 Å². The number of rotatable bonds is 8. The molecule has 0 fully saturated rings. The van der Waals surface area contributed by atoms with Crippen molar-refractivity contribution in [1.29, 1.82) is 0 Å². The Morgan fingerprint density at radius 1 is 1.33 bits per heavy atom. The third-order valence-corrected chi connectivity index (χ3v) is 4.42. The smallest absolute Gasteiger partial charge is 0.878 e. The summed E-state index contributed by atoms with van der Waals surface area (Å²) in [5, 5.41) is 17.1. The first-order chi connectivity index (χ1) is 13.8. The van der Waals surface area contributed by atoms with Gasteiger partial charge in [0.1, 0.15) is 11.8 Å². The number of nitrogens with zero attached hydrogens (tertiary/aromatic N) is 3. The summed E-state index contributed by atoms with van der Waals surface area (Å²) in [6.07, 6.45) is 3.22. The molecule has 0 aliphatic carbocycles. The fourth-order valence-electron chi connectivity index (χ4n) is 1.93. The van der Waals surface area contributed by atoms with E-state index in [9.17, 15) is 19.4 Å². The maximum absolute atomic E-state index is 12.9. The molecule has 0 spiro atoms. The van der Waals surface area contributed by atoms with Crippen LogP contribution in [0.2, 0.25) is 0 Å². The number of aromatic nitrogens is 2. The minimum atomic E-state index is -0.684. The Hall–Kier alpha value is -2.44. The fourth-order valence-corrected chi connectivity index (χ4v) is 2.60. The number of carbonyl (C=O) groups is 2. The van der Waals surface area contributed by atoms with Crippen LogP contribution in [0.4, 0.5) is 15.8 Å². The van der Waals surface area contributed by atoms with Gasteiger partial charge >= 0.3 is 18.9 Å². The predicted octanol–water partition coefficient (Wildman–Crippen LogP) is 0.578. The zero-order valence-corrected chi connectivity index (χ0v) is 17.6. The van der Waals surface area contributed by atoms with Crippen LogP contribution in [-0.2, 0) is 9.59 Å². The first-order valence-electron chi connectivity index (χ1n) is 7.99. The number of anilines is 2. The molecule has 0 radical (unpaired) electrons. The zero-order chi connectivity index (χ0) is 21.4. The molecule has 2 heterocycles. The standard InChI is InChI=1S/C19H14ClFN5O2S.Li/c1-11-16(5-15(9-23-11)25-18(27)6-20)26-19(28)14(7-22)10-29-12(2)13-3-4-17(21)24-8-13;/h2-5,7-9H,6H2,1H3,(H,25,27)(H,26,28);/q-3;+1. The van der Waals surface area contributed by atoms with E-state index in [1.54, 1.807) is 6.92 Å². The van der Waals surface area contributed by atoms with Gasteiger partial charge in [-0.3, -0.25) is 16.4 Å². The normalized spacial score (nSPS) is 10.6. The van der Waals surface area contributed by atoms with Crippen molar-refractivity contribution in [3.63, 3.8) is 0 Å². The first-order valence-corrected chi connectivity index (χ1v) is 9.34. The van der Waals surface area contributed by atoms with Crippen molar-refractivity contribution in [2.75, 3.05) is 16.5 Å². The van der Waals surface area contributed by atoms with E-state index in [1.807, 2.05) is 0 Å². The summed E-state index contributed by atoms with van der Waals surface area (Å²) in [6, 6.07) is 4.06. The maximum Gasteiger partial charge on any atom is 1.00 e. The molecule has 7 nitrogen and oxygen atoms in total. The number of hydrogen-bond acceptors (Lipinski definition) is 5. The van der Waals surface area contributed by atoms with Gasteiger partial charge in [-0.05, 0) is 25.3 Å². The second-order valence-corrected chi connectivity index (χ2v) is 6.59. The van der Waals surface area contributed by atoms with Crippen molar-refractivity contribution < 1.29 is 32.8 Å². The fraction of sp³-hybridized carbons (Fsp3) is 0.105. The van der Waals surface area contributed by atoms with Gasteiger partial charge in [0.25, 0.3) is 0 Å². The van der Waals surface area contributed by atoms with E-state index in [4.69, 9.17) is 18.2 Å². The van der Waals surface area contributed by atoms with Crippen molar-refractivity contribution in [2.24, 2.45) is 0 Å². The van der Waals surface area contributed by atoms with Crippen LogP contribution in [0.5, 0.6) is 0 Å². The topological polar surface area (TPSA) is 106 Å². The Labute approximate surface area is 194 Å². The molecule has 0 aliphatic rings. The van der Waals surface area contributed by atoms with Crippen LogP contribution in [0.25, 0.3) is 10.3 Å². The minimum absolute atomic E-state index is 0. The number of halogens is 2. The zero-order valence-electron chi connectivity index (χ0n) is 16.1. The van der Waals surface area contributed by atoms with E-state index in [-0.39, 0.29) is 35.2 Å². The number of hydrogen-bond donors (Lipinski definition) is 2. The van der Waals surface area contributed by atoms with Crippen molar-refractivity contribution >= 4 is 57.7 Å². The summed E-state index contributed by atoms with van der Waals surface area (Å²) in [6.45, 7) is 7.51. The van der Waals surface area contributed by atoms with E-state index >= 15 is 0 Å². The number of nitrogens with one attached hydrogen (secondary N) is 2. The minimum Gasteiger partial charge on any atom is -0.878 e. The number of amides is 2. The number of carbonyl (C=O) groups excluding carboxylic acids is 2. The molecule has 0 unspecified atom stereocenters. The SMILES string of the molecule is [CH-]=C(S[C-]=C(C=[N-])C(=O)Nc1cc(NC(=O)CCl)cnc1C)c1ccc(F)nc1.[Li+]. The van der Waals surface area contributed by atoms with Gasteiger partial charge < -0.3 is 27.1 Å². The molecule has 150 valence electrons. The maximum atomic E-state index is 12.9. The third kappa shape index (κ3) is 7.43. The summed E-state index contributed by atoms with van der Waals surface area (Å²) in [4.78, 5) is 31.6. The molecule has 2 amide bonds. The summed E-state index contributed by atoms with van der Waals surface area (Å²) >= 11 is 6.28. The summed E-state index contributed by atoms with van der Waals surface area (Å²) in [5.74, 6) is -1.99. The average Bonchev–Trinajstić information content (AvgIpc) is 2.71. The summed E-state index contributed by atoms with van der Waals surface area (Å²) in [7, 11) is 0. The molecule has 0 aliphatic heterocycles. The van der Waals surface area contributed by atoms with Crippen molar-refractivity contribution in [2.45, 2.75) is 6.92 Å². The quantitative estimate of drug-likeness (QED) is 0.157. The average molecular weight is 438 g/mol. The Kier molecular flexibility index (Phi) is 10.5. The Morgan fingerprint density at radius 2 is 2.07 bits per heavy atom. The second-order valence-electron chi connectivity index (χ2n) is 5.47. The number of alkyl halides is 1. The van der Waals surface area contributed by atoms with Crippen LogP contribution < -0.4 is 29.5 Å². The third-order valence-electron chi connectivity index (χ3n) is 3.40. The Bertz CT molecular complexity index is 985. The largest absolute Gasteiger partial charge is 1.00 e. The molecule has 2 N–H and O–H groups in total. The molecule has 0 saturated heterocycles. The van der Waals surface area contributed by atoms with Crippen LogP contribution in [0.1, 0.15) is 11.3 Å². The Morgan fingerprint density at radius 3 is 2.67 bits per heavy atom. The predicted molar refractivity (Wildman–Crippen MR) is 113 cm³/mol. The van der Waals surface area contributed by atoms with Gasteiger partial charge in [0.15, 0.2) is 0 Å². The molecular formula is C19H14ClFLiN5O2S-2. The molecule has 0 aromatic carbocycles. The molecule has 0 atom stereocenters. The first kappa shape index (κ1) is 25.6. The Balaban J connectivity index is 0.00000450. The van der Waals surface area contributed by atoms with Crippen molar-refractivity contribution in [3.05, 3.63) is 70.8 Å². The number of aryl methyl sites for hydroxylation is 1. The van der Waals surface area contributed by atoms with Gasteiger partial charge in [0.05, 0.1) is 23.3 Å². The molecule has 0 bridgehead atoms. The van der Waals surface area contributed by atoms with Crippen molar-refractivity contribution in [1.82, 2.24) is 9.97 Å². The van der Waals surface area contributed by atoms with Crippen LogP contribution in [0.3, 0.4) is 0 Å². The van der Waals surface area contributed by atoms with Crippen LogP contribution in [0.15, 0.2) is 36.2 Å². The van der Waals surface area contributed by atoms with Gasteiger partial charge in [0, 0.05) is 0 Å². The monoisotopic (exact) mass is 437 g/mol. The van der Waals surface area contributed by atoms with Gasteiger partial charge in [-0.15, -0.1) is 34.2 Å². The number of thioether (sulfide) groups is 1. The second kappa shape index (κ2) is 12.3. The molecule has 0 saturated carbocycles. The van der Waals surface area contributed by atoms with E-state index < -0.39 is 17.8 Å². The number of pyridine rings is 2. The van der Waals surface area contributed by atoms with Crippen LogP contribution in [0, 0.1) is 24.9 Å². The van der Waals surface area contributed by atoms with Gasteiger partial charge in [-0.2, -0.15) is 9.30 Å².